The van der Waals surface area contributed by atoms with Gasteiger partial charge in [-0.25, -0.2) is 52.6 Å². The van der Waals surface area contributed by atoms with Gasteiger partial charge in [-0.2, -0.15) is 19.9 Å². The highest BCUT2D eigenvalue weighted by atomic mass is 31.2. The van der Waals surface area contributed by atoms with Crippen LogP contribution in [-0.4, -0.2) is 192 Å². The molecule has 5 aliphatic rings. The molecule has 46 nitrogen and oxygen atoms in total. The van der Waals surface area contributed by atoms with E-state index in [2.05, 4.69) is 44.9 Å². The number of anilines is 5. The molecule has 4 unspecified atom stereocenters. The Morgan fingerprint density at radius 1 is 0.474 bits per heavy atom. The minimum atomic E-state index is -5.50. The summed E-state index contributed by atoms with van der Waals surface area (Å²) in [5.41, 5.74) is 25.3. The Labute approximate surface area is 540 Å². The van der Waals surface area contributed by atoms with Gasteiger partial charge in [0, 0.05) is 50.7 Å². The number of phosphoric acid groups is 4. The third kappa shape index (κ3) is 15.8. The van der Waals surface area contributed by atoms with Crippen LogP contribution in [-0.2, 0) is 78.1 Å². The van der Waals surface area contributed by atoms with Gasteiger partial charge in [-0.3, -0.25) is 68.8 Å². The van der Waals surface area contributed by atoms with Gasteiger partial charge in [-0.1, -0.05) is 0 Å². The molecule has 12 rings (SSSR count). The summed E-state index contributed by atoms with van der Waals surface area (Å²) in [6.07, 6.45) is -15.8. The Morgan fingerprint density at radius 2 is 0.835 bits per heavy atom. The lowest BCUT2D eigenvalue weighted by atomic mass is 10.2. The highest BCUT2D eigenvalue weighted by molar-refractivity contribution is 7.48. The van der Waals surface area contributed by atoms with Gasteiger partial charge in [0.05, 0.1) is 51.8 Å². The van der Waals surface area contributed by atoms with E-state index in [9.17, 15) is 67.2 Å². The van der Waals surface area contributed by atoms with Gasteiger partial charge < -0.3 is 82.1 Å². The van der Waals surface area contributed by atoms with Crippen molar-refractivity contribution < 1.29 is 108 Å². The Hall–Kier alpha value is -7.30. The second kappa shape index (κ2) is 27.8. The number of aromatic amines is 1. The second-order valence-corrected chi connectivity index (χ2v) is 27.8. The topological polar surface area (TPSA) is 652 Å². The molecule has 7 aromatic rings. The number of rotatable bonds is 26. The molecule has 0 bridgehead atoms. The molecule has 526 valence electrons. The monoisotopic (exact) mass is 1450 g/mol. The Kier molecular flexibility index (Phi) is 19.9. The molecule has 12 heterocycles. The highest BCUT2D eigenvalue weighted by Gasteiger charge is 2.50. The number of imidazole rings is 2. The number of aliphatic hydroxyl groups is 2. The van der Waals surface area contributed by atoms with E-state index >= 15 is 0 Å². The molecule has 0 radical (unpaired) electrons. The summed E-state index contributed by atoms with van der Waals surface area (Å²) in [6.45, 7) is -4.53. The van der Waals surface area contributed by atoms with Crippen molar-refractivity contribution in [3.05, 3.63) is 97.6 Å². The average Bonchev–Trinajstić information content (AvgIpc) is 2.16. The maximum atomic E-state index is 14.2. The number of nitrogens with one attached hydrogen (secondary N) is 1. The fourth-order valence-corrected chi connectivity index (χ4v) is 15.1. The lowest BCUT2D eigenvalue weighted by Gasteiger charge is -2.25. The number of hydrogen-bond donors (Lipinski definition) is 12. The molecule has 0 aromatic carbocycles. The summed E-state index contributed by atoms with van der Waals surface area (Å²) in [5, 5.41) is 20.9. The first-order valence-corrected chi connectivity index (χ1v) is 34.8. The van der Waals surface area contributed by atoms with Crippen LogP contribution in [0.3, 0.4) is 0 Å². The summed E-state index contributed by atoms with van der Waals surface area (Å²) in [4.78, 5) is 130. The highest BCUT2D eigenvalue weighted by Crippen LogP contribution is 2.55. The predicted molar refractivity (Wildman–Crippen MR) is 319 cm³/mol. The van der Waals surface area contributed by atoms with Crippen LogP contribution in [0, 0.1) is 0 Å². The summed E-state index contributed by atoms with van der Waals surface area (Å²) in [6, 6.07) is 3.77. The molecule has 5 saturated heterocycles. The predicted octanol–water partition coefficient (Wildman–Crippen LogP) is -2.56. The van der Waals surface area contributed by atoms with Crippen molar-refractivity contribution in [2.24, 2.45) is 0 Å². The number of fused-ring (bicyclic) bond motifs is 2. The van der Waals surface area contributed by atoms with Crippen LogP contribution < -0.4 is 51.3 Å². The van der Waals surface area contributed by atoms with Crippen molar-refractivity contribution in [2.45, 2.75) is 124 Å². The van der Waals surface area contributed by atoms with Crippen molar-refractivity contribution in [1.82, 2.24) is 67.7 Å². The van der Waals surface area contributed by atoms with E-state index < -0.39 is 198 Å². The summed E-state index contributed by atoms with van der Waals surface area (Å²) < 4.78 is 134. The number of nitrogens with two attached hydrogens (primary N) is 5. The van der Waals surface area contributed by atoms with Crippen LogP contribution in [0.15, 0.2) is 74.9 Å². The molecule has 5 fully saturated rings. The fraction of sp³-hybridized carbons (Fsp3) is 0.532. The van der Waals surface area contributed by atoms with Crippen molar-refractivity contribution in [3.8, 4) is 0 Å². The van der Waals surface area contributed by atoms with Crippen molar-refractivity contribution in [2.75, 3.05) is 61.7 Å². The lowest BCUT2D eigenvalue weighted by Crippen LogP contribution is -2.32. The average molecular weight is 1450 g/mol. The molecule has 0 spiro atoms. The number of ether oxygens (including phenoxy) is 5. The molecule has 7 aromatic heterocycles. The first-order chi connectivity index (χ1) is 46.0. The van der Waals surface area contributed by atoms with Crippen LogP contribution in [0.5, 0.6) is 0 Å². The summed E-state index contributed by atoms with van der Waals surface area (Å²) in [7, 11) is -21.5. The summed E-state index contributed by atoms with van der Waals surface area (Å²) >= 11 is 0. The number of aliphatic hydroxyl groups excluding tert-OH is 2. The normalized spacial score (nSPS) is 30.0. The molecule has 0 amide bonds. The number of H-pyrrole nitrogens is 1. The maximum Gasteiger partial charge on any atom is 0.472 e. The zero-order valence-corrected chi connectivity index (χ0v) is 53.3. The molecule has 0 saturated carbocycles. The van der Waals surface area contributed by atoms with Crippen LogP contribution in [0.1, 0.15) is 63.2 Å². The zero-order chi connectivity index (χ0) is 69.0. The second-order valence-electron chi connectivity index (χ2n) is 22.2. The quantitative estimate of drug-likeness (QED) is 0.0248. The largest absolute Gasteiger partial charge is 0.472 e. The molecule has 97 heavy (non-hydrogen) atoms. The minimum absolute atomic E-state index is 0.0609. The minimum Gasteiger partial charge on any atom is -0.394 e. The lowest BCUT2D eigenvalue weighted by molar-refractivity contribution is -0.0643. The van der Waals surface area contributed by atoms with Gasteiger partial charge in [-0.15, -0.1) is 0 Å². The Balaban J connectivity index is 0.734. The summed E-state index contributed by atoms with van der Waals surface area (Å²) in [5.74, 6) is -0.740. The standard InChI is InChI=1S/C47H61N19O27P4/c48-30-1-4-62(45(70)57-30)33-7-20(68)26(86-33)13-81-94(73,74)91-22-9-34(63-5-2-31(49)58-46(63)71)88-28(22)15-83-97(79,80)93-24-11-37(66-19-56-39-42(66)60-44(52)61-43(39)69)89-29(24)16-84-96(77,78)92-23-10-35(64-6-3-32(50)59-47(64)72)87-27(23)14-82-95(75,76)90-21-8-36(85-25(21)12-67)65-18-55-38-40(51)53-17-54-41(38)65/h1-6,17-29,33-37,67-68H,7-16H2,(H,73,74)(H,75,76)(H,77,78)(H,79,80)(H2,48,57,70)(H2,49,58,71)(H2,50,59,72)(H2,51,53,54)(H3,52,60,61,69)/t20-,21-,22-,23-,24-,25+,26+,27+,28+,29+,33+,34+,35+,36+,37+/m0/s1. The number of nitrogens with zero attached hydrogens (tertiary/aromatic N) is 13. The molecular formula is C47H61N19O27P4. The van der Waals surface area contributed by atoms with E-state index in [0.717, 1.165) is 20.0 Å². The third-order valence-electron chi connectivity index (χ3n) is 15.7. The van der Waals surface area contributed by atoms with Crippen LogP contribution in [0.2, 0.25) is 0 Å². The zero-order valence-electron chi connectivity index (χ0n) is 49.7. The van der Waals surface area contributed by atoms with E-state index in [1.807, 2.05) is 0 Å². The molecule has 5 aliphatic heterocycles. The van der Waals surface area contributed by atoms with Gasteiger partial charge in [0.1, 0.15) is 115 Å². The van der Waals surface area contributed by atoms with E-state index in [1.165, 1.54) is 58.6 Å². The Morgan fingerprint density at radius 3 is 1.26 bits per heavy atom. The van der Waals surface area contributed by atoms with Gasteiger partial charge in [-0.05, 0) is 18.2 Å². The first-order valence-electron chi connectivity index (χ1n) is 28.9. The van der Waals surface area contributed by atoms with Gasteiger partial charge in [0.2, 0.25) is 5.95 Å². The fourth-order valence-electron chi connectivity index (χ4n) is 11.2. The van der Waals surface area contributed by atoms with E-state index in [0.29, 0.717) is 0 Å². The third-order valence-corrected chi connectivity index (χ3v) is 19.8. The van der Waals surface area contributed by atoms with Gasteiger partial charge >= 0.3 is 48.4 Å². The SMILES string of the molecule is Nc1ccn([C@H]2C[C@H](OP(=O)(O)OC[C@H]3O[C@@H](n4cnc5c(=O)[nH]c(N)nc54)C[C@@H]3OP(=O)(O)OC[C@H]3O[C@@H](n4ccc(N)nc4=O)C[C@@H]3OP(=O)(O)OC[C@H]3O[C@@H](n4ccc(N)nc4=O)C[C@@H]3O)[C@@H](COP(=O)(O)O[C@H]3C[C@H](n4cnc5c(N)ncnc54)O[C@@H]3CO)O2)c(=O)n1. The molecule has 19 atom stereocenters. The van der Waals surface area contributed by atoms with E-state index in [4.69, 9.17) is 88.5 Å². The molecule has 0 aliphatic carbocycles. The molecular weight excluding hydrogens is 1390 g/mol. The molecule has 17 N–H and O–H groups in total. The maximum absolute atomic E-state index is 14.2. The van der Waals surface area contributed by atoms with Gasteiger partial charge in [0.15, 0.2) is 22.6 Å². The van der Waals surface area contributed by atoms with Crippen LogP contribution in [0.25, 0.3) is 22.3 Å². The van der Waals surface area contributed by atoms with Crippen LogP contribution in [0.4, 0.5) is 29.2 Å². The van der Waals surface area contributed by atoms with Crippen molar-refractivity contribution >= 4 is 82.8 Å². The number of aromatic nitrogens is 14. The number of phosphoric ester groups is 4. The smallest absolute Gasteiger partial charge is 0.394 e. The van der Waals surface area contributed by atoms with Crippen LogP contribution >= 0.6 is 31.3 Å². The van der Waals surface area contributed by atoms with Crippen molar-refractivity contribution in [3.63, 3.8) is 0 Å². The van der Waals surface area contributed by atoms with E-state index in [-0.39, 0.29) is 64.4 Å². The van der Waals surface area contributed by atoms with Crippen molar-refractivity contribution in [1.29, 1.82) is 0 Å². The number of nitrogen functional groups attached to an aromatic ring is 5. The van der Waals surface area contributed by atoms with Gasteiger partial charge in [0.25, 0.3) is 5.56 Å². The number of hydrogen-bond acceptors (Lipinski definition) is 36. The Bertz CT molecular complexity index is 4520. The van der Waals surface area contributed by atoms with E-state index in [1.54, 1.807) is 0 Å². The first kappa shape index (κ1) is 69.6. The molecule has 50 heteroatoms.